The summed E-state index contributed by atoms with van der Waals surface area (Å²) >= 11 is 0. The zero-order valence-corrected chi connectivity index (χ0v) is 14.7. The van der Waals surface area contributed by atoms with Gasteiger partial charge in [0.15, 0.2) is 0 Å². The number of halogens is 1. The van der Waals surface area contributed by atoms with Gasteiger partial charge < -0.3 is 9.47 Å². The Morgan fingerprint density at radius 3 is 2.30 bits per heavy atom. The highest BCUT2D eigenvalue weighted by molar-refractivity contribution is 5.35. The first-order valence-electron chi connectivity index (χ1n) is 8.58. The second-order valence-corrected chi connectivity index (χ2v) is 6.17. The van der Waals surface area contributed by atoms with E-state index >= 15 is 0 Å². The second-order valence-electron chi connectivity index (χ2n) is 6.17. The van der Waals surface area contributed by atoms with Crippen molar-refractivity contribution < 1.29 is 18.7 Å². The van der Waals surface area contributed by atoms with Crippen molar-refractivity contribution in [3.63, 3.8) is 0 Å². The van der Waals surface area contributed by atoms with E-state index in [0.717, 1.165) is 17.1 Å². The van der Waals surface area contributed by atoms with E-state index in [4.69, 9.17) is 14.3 Å². The summed E-state index contributed by atoms with van der Waals surface area (Å²) < 4.78 is 25.0. The summed E-state index contributed by atoms with van der Waals surface area (Å²) in [7, 11) is 0. The number of hydrogen-bond donors (Lipinski definition) is 1. The van der Waals surface area contributed by atoms with E-state index in [1.807, 2.05) is 54.6 Å². The predicted molar refractivity (Wildman–Crippen MR) is 99.8 cm³/mol. The molecule has 0 bridgehead atoms. The maximum absolute atomic E-state index is 13.6. The summed E-state index contributed by atoms with van der Waals surface area (Å²) in [6.45, 7) is 1.70. The van der Waals surface area contributed by atoms with Gasteiger partial charge in [0.05, 0.1) is 0 Å². The van der Waals surface area contributed by atoms with Crippen LogP contribution in [0.5, 0.6) is 17.2 Å². The Labute approximate surface area is 156 Å². The van der Waals surface area contributed by atoms with Gasteiger partial charge in [-0.1, -0.05) is 36.4 Å². The maximum atomic E-state index is 13.6. The van der Waals surface area contributed by atoms with Gasteiger partial charge in [0, 0.05) is 12.1 Å². The van der Waals surface area contributed by atoms with Crippen LogP contribution in [0.25, 0.3) is 0 Å². The summed E-state index contributed by atoms with van der Waals surface area (Å²) in [5.41, 5.74) is 4.24. The van der Waals surface area contributed by atoms with Crippen LogP contribution in [0.1, 0.15) is 17.2 Å². The molecule has 0 amide bonds. The summed E-state index contributed by atoms with van der Waals surface area (Å²) in [6, 6.07) is 21.9. The first-order chi connectivity index (χ1) is 13.2. The summed E-state index contributed by atoms with van der Waals surface area (Å²) in [4.78, 5) is 5.53. The lowest BCUT2D eigenvalue weighted by Crippen LogP contribution is -2.12. The number of rotatable bonds is 5. The molecule has 0 spiro atoms. The van der Waals surface area contributed by atoms with Crippen LogP contribution in [0.2, 0.25) is 0 Å². The van der Waals surface area contributed by atoms with Gasteiger partial charge in [-0.25, -0.2) is 9.87 Å². The van der Waals surface area contributed by atoms with Gasteiger partial charge in [-0.15, -0.1) is 0 Å². The molecule has 3 aromatic rings. The normalized spacial score (nSPS) is 15.8. The van der Waals surface area contributed by atoms with Crippen molar-refractivity contribution in [1.29, 1.82) is 0 Å². The third-order valence-electron chi connectivity index (χ3n) is 4.15. The Balaban J connectivity index is 1.42. The van der Waals surface area contributed by atoms with Gasteiger partial charge in [-0.05, 0) is 48.4 Å². The number of hydrogen-bond acceptors (Lipinski definition) is 4. The summed E-state index contributed by atoms with van der Waals surface area (Å²) in [6.07, 6.45) is 1.49. The third-order valence-corrected chi connectivity index (χ3v) is 4.15. The number of nitrogens with one attached hydrogen (secondary N) is 1. The van der Waals surface area contributed by atoms with Crippen molar-refractivity contribution in [2.75, 3.05) is 0 Å². The van der Waals surface area contributed by atoms with Crippen LogP contribution >= 0.6 is 0 Å². The van der Waals surface area contributed by atoms with Crippen molar-refractivity contribution in [2.45, 2.75) is 13.0 Å². The number of aryl methyl sites for hydroxylation is 1. The van der Waals surface area contributed by atoms with Crippen LogP contribution in [0.15, 0.2) is 84.8 Å². The van der Waals surface area contributed by atoms with Gasteiger partial charge >= 0.3 is 0 Å². The molecule has 0 saturated heterocycles. The highest BCUT2D eigenvalue weighted by Gasteiger charge is 2.20. The highest BCUT2D eigenvalue weighted by Crippen LogP contribution is 2.29. The summed E-state index contributed by atoms with van der Waals surface area (Å²) in [5, 5.41) is 0. The molecular weight excluding hydrogens is 345 g/mol. The molecule has 1 N–H and O–H groups in total. The van der Waals surface area contributed by atoms with Gasteiger partial charge in [-0.2, -0.15) is 0 Å². The number of ether oxygens (including phenoxy) is 2. The summed E-state index contributed by atoms with van der Waals surface area (Å²) in [5.74, 6) is 2.05. The Bertz CT molecular complexity index is 955. The molecule has 1 aliphatic rings. The maximum Gasteiger partial charge on any atom is 0.216 e. The van der Waals surface area contributed by atoms with Crippen LogP contribution in [0.3, 0.4) is 0 Å². The molecule has 27 heavy (non-hydrogen) atoms. The molecule has 0 saturated carbocycles. The van der Waals surface area contributed by atoms with E-state index in [0.29, 0.717) is 17.2 Å². The largest absolute Gasteiger partial charge is 0.457 e. The molecule has 1 unspecified atom stereocenters. The van der Waals surface area contributed by atoms with Gasteiger partial charge in [-0.3, -0.25) is 4.84 Å². The standard InChI is InChI=1S/C22H18FNO3/c1-15-7-10-19(13-20(15)23)26-22-14-21(27-24-22)16-8-11-18(12-9-16)25-17-5-3-2-4-6-17/h2-14,21,24H,1H3. The molecule has 0 fully saturated rings. The van der Waals surface area contributed by atoms with Gasteiger partial charge in [0.2, 0.25) is 5.88 Å². The monoisotopic (exact) mass is 363 g/mol. The molecule has 4 rings (SSSR count). The topological polar surface area (TPSA) is 39.7 Å². The zero-order valence-electron chi connectivity index (χ0n) is 14.7. The molecule has 0 radical (unpaired) electrons. The van der Waals surface area contributed by atoms with E-state index < -0.39 is 0 Å². The predicted octanol–water partition coefficient (Wildman–Crippen LogP) is 5.42. The first-order valence-corrected chi connectivity index (χ1v) is 8.58. The molecule has 136 valence electrons. The smallest absolute Gasteiger partial charge is 0.216 e. The Morgan fingerprint density at radius 2 is 1.56 bits per heavy atom. The molecule has 1 atom stereocenters. The minimum Gasteiger partial charge on any atom is -0.457 e. The average Bonchev–Trinajstić information content (AvgIpc) is 3.15. The molecule has 1 aliphatic heterocycles. The zero-order chi connectivity index (χ0) is 18.6. The molecule has 1 heterocycles. The van der Waals surface area contributed by atoms with E-state index in [1.165, 1.54) is 6.07 Å². The van der Waals surface area contributed by atoms with Crippen LogP contribution in [0.4, 0.5) is 4.39 Å². The Hall–Kier alpha value is -3.31. The van der Waals surface area contributed by atoms with Gasteiger partial charge in [0.25, 0.3) is 0 Å². The molecule has 3 aromatic carbocycles. The van der Waals surface area contributed by atoms with Crippen molar-refractivity contribution in [3.8, 4) is 17.2 Å². The van der Waals surface area contributed by atoms with Crippen molar-refractivity contribution in [3.05, 3.63) is 102 Å². The molecular formula is C22H18FNO3. The lowest BCUT2D eigenvalue weighted by molar-refractivity contribution is 0.0273. The second kappa shape index (κ2) is 7.51. The number of hydroxylamine groups is 1. The van der Waals surface area contributed by atoms with Crippen LogP contribution in [-0.2, 0) is 4.84 Å². The molecule has 4 nitrogen and oxygen atoms in total. The van der Waals surface area contributed by atoms with E-state index in [9.17, 15) is 4.39 Å². The van der Waals surface area contributed by atoms with Crippen LogP contribution in [0, 0.1) is 12.7 Å². The van der Waals surface area contributed by atoms with Gasteiger partial charge in [0.1, 0.15) is 29.2 Å². The van der Waals surface area contributed by atoms with E-state index in [-0.39, 0.29) is 11.9 Å². The average molecular weight is 363 g/mol. The SMILES string of the molecule is Cc1ccc(OC2=CC(c3ccc(Oc4ccccc4)cc3)ON2)cc1F. The Morgan fingerprint density at radius 1 is 0.852 bits per heavy atom. The number of benzene rings is 3. The quantitative estimate of drug-likeness (QED) is 0.657. The lowest BCUT2D eigenvalue weighted by atomic mass is 10.1. The van der Waals surface area contributed by atoms with E-state index in [2.05, 4.69) is 5.48 Å². The fourth-order valence-electron chi connectivity index (χ4n) is 2.66. The minimum atomic E-state index is -0.308. The Kier molecular flexibility index (Phi) is 4.77. The number of para-hydroxylation sites is 1. The van der Waals surface area contributed by atoms with Crippen LogP contribution in [-0.4, -0.2) is 0 Å². The van der Waals surface area contributed by atoms with Crippen molar-refractivity contribution >= 4 is 0 Å². The van der Waals surface area contributed by atoms with Crippen molar-refractivity contribution in [2.24, 2.45) is 0 Å². The lowest BCUT2D eigenvalue weighted by Gasteiger charge is -2.09. The van der Waals surface area contributed by atoms with Crippen LogP contribution < -0.4 is 15.0 Å². The minimum absolute atomic E-state index is 0.305. The molecule has 5 heteroatoms. The van der Waals surface area contributed by atoms with E-state index in [1.54, 1.807) is 25.1 Å². The third kappa shape index (κ3) is 4.10. The van der Waals surface area contributed by atoms with Crippen molar-refractivity contribution in [1.82, 2.24) is 5.48 Å². The molecule has 0 aliphatic carbocycles. The molecule has 0 aromatic heterocycles. The first kappa shape index (κ1) is 17.1. The highest BCUT2D eigenvalue weighted by atomic mass is 19.1. The fraction of sp³-hybridized carbons (Fsp3) is 0.0909. The fourth-order valence-corrected chi connectivity index (χ4v) is 2.66.